The molecule has 6 aromatic heterocycles. The van der Waals surface area contributed by atoms with Gasteiger partial charge in [-0.05, 0) is 132 Å². The molecule has 20 aromatic rings. The van der Waals surface area contributed by atoms with E-state index in [2.05, 4.69) is 332 Å². The Labute approximate surface area is 545 Å². The molecule has 0 bridgehead atoms. The van der Waals surface area contributed by atoms with Gasteiger partial charge in [0.25, 0.3) is 0 Å². The van der Waals surface area contributed by atoms with Gasteiger partial charge in [0, 0.05) is 87.6 Å². The molecule has 0 amide bonds. The molecule has 95 heavy (non-hydrogen) atoms. The number of aromatic nitrogens is 8. The molecule has 14 aromatic carbocycles. The molecule has 8 heteroatoms. The van der Waals surface area contributed by atoms with Gasteiger partial charge in [-0.25, -0.2) is 15.0 Å². The van der Waals surface area contributed by atoms with Gasteiger partial charge < -0.3 is 22.8 Å². The van der Waals surface area contributed by atoms with Crippen molar-refractivity contribution in [3.8, 4) is 73.7 Å². The maximum atomic E-state index is 5.48. The molecule has 0 unspecified atom stereocenters. The summed E-state index contributed by atoms with van der Waals surface area (Å²) in [7, 11) is 0. The van der Waals surface area contributed by atoms with Crippen molar-refractivity contribution in [3.63, 3.8) is 0 Å². The van der Waals surface area contributed by atoms with Crippen molar-refractivity contribution in [1.29, 1.82) is 0 Å². The van der Waals surface area contributed by atoms with Crippen LogP contribution in [-0.2, 0) is 0 Å². The zero-order valence-corrected chi connectivity index (χ0v) is 51.3. The van der Waals surface area contributed by atoms with E-state index in [1.54, 1.807) is 0 Å². The molecule has 0 aliphatic heterocycles. The van der Waals surface area contributed by atoms with Crippen molar-refractivity contribution >= 4 is 109 Å². The van der Waals surface area contributed by atoms with E-state index in [0.717, 1.165) is 100 Å². The van der Waals surface area contributed by atoms with E-state index in [1.165, 1.54) is 65.3 Å². The number of rotatable bonds is 9. The van der Waals surface area contributed by atoms with E-state index < -0.39 is 0 Å². The van der Waals surface area contributed by atoms with Gasteiger partial charge in [0.15, 0.2) is 17.5 Å². The molecule has 0 N–H and O–H groups in total. The van der Waals surface area contributed by atoms with Crippen LogP contribution in [0.3, 0.4) is 0 Å². The van der Waals surface area contributed by atoms with Gasteiger partial charge in [0.05, 0.1) is 66.5 Å². The van der Waals surface area contributed by atoms with Crippen LogP contribution in [0.5, 0.6) is 0 Å². The van der Waals surface area contributed by atoms with Crippen LogP contribution < -0.4 is 0 Å². The molecule has 0 fully saturated rings. The second kappa shape index (κ2) is 20.8. The summed E-state index contributed by atoms with van der Waals surface area (Å²) >= 11 is 0. The van der Waals surface area contributed by atoms with Crippen LogP contribution in [0.1, 0.15) is 0 Å². The Bertz CT molecular complexity index is 6430. The van der Waals surface area contributed by atoms with Crippen molar-refractivity contribution < 1.29 is 0 Å². The summed E-state index contributed by atoms with van der Waals surface area (Å²) in [6, 6.07) is 118. The van der Waals surface area contributed by atoms with Crippen molar-refractivity contribution in [2.24, 2.45) is 0 Å². The van der Waals surface area contributed by atoms with Crippen molar-refractivity contribution in [2.75, 3.05) is 0 Å². The first kappa shape index (κ1) is 52.8. The summed E-state index contributed by atoms with van der Waals surface area (Å²) in [4.78, 5) is 16.2. The first-order valence-corrected chi connectivity index (χ1v) is 32.3. The van der Waals surface area contributed by atoms with E-state index in [0.29, 0.717) is 17.5 Å². The zero-order valence-electron chi connectivity index (χ0n) is 51.3. The fraction of sp³-hybridized carbons (Fsp3) is 0. The van der Waals surface area contributed by atoms with Gasteiger partial charge in [-0.1, -0.05) is 206 Å². The minimum atomic E-state index is 0.569. The number of nitrogens with zero attached hydrogens (tertiary/aromatic N) is 8. The highest BCUT2D eigenvalue weighted by molar-refractivity contribution is 6.18. The molecule has 0 saturated carbocycles. The quantitative estimate of drug-likeness (QED) is 0.145. The lowest BCUT2D eigenvalue weighted by atomic mass is 9.98. The summed E-state index contributed by atoms with van der Waals surface area (Å²) in [6.45, 7) is 0. The SMILES string of the molecule is c1ccc(-c2nc(-c3cccc(-n4c5ccccc5c5ccccc54)c3)nc(-c3ccc(-n4c5ccccc5c5ccccc54)c(-n4c5ccccc5c5cc(-n6c7ccccc7c7cc(-c8cccc9c8c8ccccc8n9-c8ccccc8)ccc76)ccc54)c3)n2)cc1. The summed E-state index contributed by atoms with van der Waals surface area (Å²) in [6.07, 6.45) is 0. The van der Waals surface area contributed by atoms with Crippen LogP contribution in [0.15, 0.2) is 328 Å². The van der Waals surface area contributed by atoms with Gasteiger partial charge in [-0.15, -0.1) is 0 Å². The van der Waals surface area contributed by atoms with Crippen LogP contribution in [0.25, 0.3) is 183 Å². The molecule has 0 saturated heterocycles. The maximum Gasteiger partial charge on any atom is 0.164 e. The highest BCUT2D eigenvalue weighted by atomic mass is 15.1. The third-order valence-corrected chi connectivity index (χ3v) is 19.5. The second-order valence-corrected chi connectivity index (χ2v) is 24.7. The maximum absolute atomic E-state index is 5.48. The largest absolute Gasteiger partial charge is 0.309 e. The standard InChI is InChI=1S/C87H54N8/c1-3-23-55(24-4-1)85-88-86(57-25-21-28-60(51-57)92-72-37-14-7-29-63(72)64-30-8-15-38-73(64)92)90-87(89-85)58-46-49-81(94-75-40-17-9-31-65(75)66-32-10-18-41-76(66)94)83(53-58)95-77-42-19-12-34-68(77)71-54-61(47-50-80(71)95)93-74-39-16-11-33-67(74)70-52-56(45-48-79(70)93)62-36-22-44-82-84(62)69-35-13-20-43-78(69)91(82)59-26-5-2-6-27-59/h1-54H. The molecule has 0 spiro atoms. The number of benzene rings is 14. The predicted octanol–water partition coefficient (Wildman–Crippen LogP) is 22.0. The zero-order chi connectivity index (χ0) is 62.2. The predicted molar refractivity (Wildman–Crippen MR) is 393 cm³/mol. The van der Waals surface area contributed by atoms with Crippen molar-refractivity contribution in [2.45, 2.75) is 0 Å². The van der Waals surface area contributed by atoms with Crippen LogP contribution in [0, 0.1) is 0 Å². The Hall–Kier alpha value is -12.9. The van der Waals surface area contributed by atoms with E-state index in [9.17, 15) is 0 Å². The lowest BCUT2D eigenvalue weighted by Crippen LogP contribution is -2.05. The number of fused-ring (bicyclic) bond motifs is 15. The van der Waals surface area contributed by atoms with E-state index in [-0.39, 0.29) is 0 Å². The highest BCUT2D eigenvalue weighted by Crippen LogP contribution is 2.45. The molecule has 0 radical (unpaired) electrons. The lowest BCUT2D eigenvalue weighted by molar-refractivity contribution is 1.06. The van der Waals surface area contributed by atoms with Gasteiger partial charge in [0.2, 0.25) is 0 Å². The van der Waals surface area contributed by atoms with E-state index in [1.807, 2.05) is 18.2 Å². The van der Waals surface area contributed by atoms with Crippen LogP contribution in [0.2, 0.25) is 0 Å². The fourth-order valence-electron chi connectivity index (χ4n) is 15.4. The summed E-state index contributed by atoms with van der Waals surface area (Å²) in [5.41, 5.74) is 21.6. The second-order valence-electron chi connectivity index (χ2n) is 24.7. The monoisotopic (exact) mass is 1210 g/mol. The topological polar surface area (TPSA) is 63.3 Å². The molecule has 6 heterocycles. The van der Waals surface area contributed by atoms with E-state index >= 15 is 0 Å². The average molecular weight is 1210 g/mol. The third kappa shape index (κ3) is 8.05. The molecule has 0 aliphatic carbocycles. The number of para-hydroxylation sites is 8. The number of hydrogen-bond acceptors (Lipinski definition) is 3. The highest BCUT2D eigenvalue weighted by Gasteiger charge is 2.25. The van der Waals surface area contributed by atoms with Crippen LogP contribution in [-0.4, -0.2) is 37.8 Å². The Morgan fingerprint density at radius 2 is 0.537 bits per heavy atom. The van der Waals surface area contributed by atoms with Gasteiger partial charge in [0.1, 0.15) is 0 Å². The summed E-state index contributed by atoms with van der Waals surface area (Å²) in [5.74, 6) is 1.75. The summed E-state index contributed by atoms with van der Waals surface area (Å²) < 4.78 is 12.1. The first-order chi connectivity index (χ1) is 47.1. The smallest absolute Gasteiger partial charge is 0.164 e. The molecule has 8 nitrogen and oxygen atoms in total. The Morgan fingerprint density at radius 1 is 0.179 bits per heavy atom. The van der Waals surface area contributed by atoms with Crippen molar-refractivity contribution in [3.05, 3.63) is 328 Å². The molecule has 0 aliphatic rings. The van der Waals surface area contributed by atoms with Crippen LogP contribution >= 0.6 is 0 Å². The Balaban J connectivity index is 0.784. The minimum absolute atomic E-state index is 0.569. The van der Waals surface area contributed by atoms with Crippen molar-refractivity contribution in [1.82, 2.24) is 37.8 Å². The Kier molecular flexibility index (Phi) is 11.6. The number of hydrogen-bond donors (Lipinski definition) is 0. The average Bonchev–Trinajstić information content (AvgIpc) is 1.59. The van der Waals surface area contributed by atoms with Gasteiger partial charge in [-0.2, -0.15) is 0 Å². The molecule has 442 valence electrons. The molecular weight excluding hydrogens is 1160 g/mol. The lowest BCUT2D eigenvalue weighted by Gasteiger charge is -2.18. The third-order valence-electron chi connectivity index (χ3n) is 19.5. The fourth-order valence-corrected chi connectivity index (χ4v) is 15.4. The normalized spacial score (nSPS) is 12.0. The molecule has 0 atom stereocenters. The molecule has 20 rings (SSSR count). The van der Waals surface area contributed by atoms with Gasteiger partial charge in [-0.3, -0.25) is 0 Å². The van der Waals surface area contributed by atoms with Crippen LogP contribution in [0.4, 0.5) is 0 Å². The Morgan fingerprint density at radius 3 is 1.12 bits per heavy atom. The van der Waals surface area contributed by atoms with E-state index in [4.69, 9.17) is 15.0 Å². The summed E-state index contributed by atoms with van der Waals surface area (Å²) in [5, 5.41) is 12.0. The van der Waals surface area contributed by atoms with Gasteiger partial charge >= 0.3 is 0 Å². The minimum Gasteiger partial charge on any atom is -0.309 e. The first-order valence-electron chi connectivity index (χ1n) is 32.3. The molecular formula is C87H54N8.